The van der Waals surface area contributed by atoms with Crippen molar-refractivity contribution in [3.63, 3.8) is 0 Å². The molecule has 1 amide bonds. The summed E-state index contributed by atoms with van der Waals surface area (Å²) < 4.78 is 14.1. The normalized spacial score (nSPS) is 17.4. The van der Waals surface area contributed by atoms with Crippen molar-refractivity contribution in [3.8, 4) is 0 Å². The van der Waals surface area contributed by atoms with E-state index in [9.17, 15) is 9.18 Å². The number of nitrogens with one attached hydrogen (secondary N) is 1. The van der Waals surface area contributed by atoms with Crippen LogP contribution < -0.4 is 5.32 Å². The molecule has 2 nitrogen and oxygen atoms in total. The molecule has 1 N–H and O–H groups in total. The molecule has 1 aromatic carbocycles. The number of rotatable bonds is 3. The first-order valence-electron chi connectivity index (χ1n) is 5.84. The Morgan fingerprint density at radius 1 is 1.53 bits per heavy atom. The van der Waals surface area contributed by atoms with Crippen molar-refractivity contribution in [2.75, 3.05) is 0 Å². The number of amides is 1. The third kappa shape index (κ3) is 2.68. The zero-order chi connectivity index (χ0) is 12.4. The van der Waals surface area contributed by atoms with E-state index in [2.05, 4.69) is 21.2 Å². The fraction of sp³-hybridized carbons (Fsp3) is 0.462. The lowest BCUT2D eigenvalue weighted by Crippen LogP contribution is -2.41. The van der Waals surface area contributed by atoms with Gasteiger partial charge in [0.2, 0.25) is 0 Å². The van der Waals surface area contributed by atoms with Crippen LogP contribution in [0.2, 0.25) is 0 Å². The predicted molar refractivity (Wildman–Crippen MR) is 68.4 cm³/mol. The Morgan fingerprint density at radius 2 is 2.24 bits per heavy atom. The summed E-state index contributed by atoms with van der Waals surface area (Å²) in [6, 6.07) is 4.66. The molecule has 1 saturated carbocycles. The van der Waals surface area contributed by atoms with Crippen molar-refractivity contribution in [1.82, 2.24) is 5.32 Å². The summed E-state index contributed by atoms with van der Waals surface area (Å²) >= 11 is 3.20. The van der Waals surface area contributed by atoms with Gasteiger partial charge < -0.3 is 5.32 Å². The van der Waals surface area contributed by atoms with Crippen LogP contribution in [0.15, 0.2) is 22.7 Å². The minimum absolute atomic E-state index is 0.0960. The molecule has 1 unspecified atom stereocenters. The van der Waals surface area contributed by atoms with Crippen LogP contribution in [0.5, 0.6) is 0 Å². The van der Waals surface area contributed by atoms with Crippen LogP contribution in [0.25, 0.3) is 0 Å². The first-order chi connectivity index (χ1) is 8.09. The minimum Gasteiger partial charge on any atom is -0.349 e. The van der Waals surface area contributed by atoms with E-state index < -0.39 is 5.82 Å². The number of carbonyl (C=O) groups is 1. The number of hydrogen-bond donors (Lipinski definition) is 1. The van der Waals surface area contributed by atoms with Gasteiger partial charge in [-0.05, 0) is 53.7 Å². The maximum atomic E-state index is 13.6. The molecule has 1 atom stereocenters. The first kappa shape index (κ1) is 12.6. The van der Waals surface area contributed by atoms with E-state index >= 15 is 0 Å². The maximum Gasteiger partial charge on any atom is 0.255 e. The average Bonchev–Trinajstić information content (AvgIpc) is 2.13. The topological polar surface area (TPSA) is 29.1 Å². The lowest BCUT2D eigenvalue weighted by atomic mass is 9.80. The largest absolute Gasteiger partial charge is 0.349 e. The fourth-order valence-corrected chi connectivity index (χ4v) is 2.57. The summed E-state index contributed by atoms with van der Waals surface area (Å²) in [5, 5.41) is 2.87. The Bertz CT molecular complexity index is 411. The summed E-state index contributed by atoms with van der Waals surface area (Å²) in [5.41, 5.74) is 0.0960. The smallest absolute Gasteiger partial charge is 0.255 e. The number of halogens is 2. The SMILES string of the molecule is CC(NC(=O)c1c(F)cccc1Br)C1CCC1. The molecular formula is C13H15BrFNO. The molecule has 92 valence electrons. The lowest BCUT2D eigenvalue weighted by Gasteiger charge is -2.31. The van der Waals surface area contributed by atoms with Crippen LogP contribution in [-0.4, -0.2) is 11.9 Å². The third-order valence-corrected chi connectivity index (χ3v) is 4.07. The summed E-state index contributed by atoms with van der Waals surface area (Å²) in [6.45, 7) is 1.98. The van der Waals surface area contributed by atoms with Crippen LogP contribution >= 0.6 is 15.9 Å². The van der Waals surface area contributed by atoms with Gasteiger partial charge in [-0.1, -0.05) is 12.5 Å². The first-order valence-corrected chi connectivity index (χ1v) is 6.63. The van der Waals surface area contributed by atoms with E-state index in [0.29, 0.717) is 10.4 Å². The molecule has 1 aliphatic rings. The van der Waals surface area contributed by atoms with Crippen LogP contribution in [0.4, 0.5) is 4.39 Å². The van der Waals surface area contributed by atoms with Crippen LogP contribution in [0, 0.1) is 11.7 Å². The van der Waals surface area contributed by atoms with Crippen molar-refractivity contribution < 1.29 is 9.18 Å². The van der Waals surface area contributed by atoms with Gasteiger partial charge in [0.25, 0.3) is 5.91 Å². The molecule has 1 aromatic rings. The van der Waals surface area contributed by atoms with Gasteiger partial charge in [0, 0.05) is 10.5 Å². The molecule has 1 fully saturated rings. The van der Waals surface area contributed by atoms with E-state index in [1.54, 1.807) is 12.1 Å². The molecule has 0 saturated heterocycles. The Morgan fingerprint density at radius 3 is 2.76 bits per heavy atom. The van der Waals surface area contributed by atoms with Crippen molar-refractivity contribution in [3.05, 3.63) is 34.1 Å². The molecule has 4 heteroatoms. The third-order valence-electron chi connectivity index (χ3n) is 3.41. The standard InChI is InChI=1S/C13H15BrFNO/c1-8(9-4-2-5-9)16-13(17)12-10(14)6-3-7-11(12)15/h3,6-9H,2,4-5H2,1H3,(H,16,17). The Kier molecular flexibility index (Phi) is 3.82. The van der Waals surface area contributed by atoms with E-state index in [1.807, 2.05) is 6.92 Å². The van der Waals surface area contributed by atoms with Gasteiger partial charge in [-0.3, -0.25) is 4.79 Å². The Hall–Kier alpha value is -0.900. The van der Waals surface area contributed by atoms with Gasteiger partial charge in [-0.25, -0.2) is 4.39 Å². The number of carbonyl (C=O) groups excluding carboxylic acids is 1. The Balaban J connectivity index is 2.08. The van der Waals surface area contributed by atoms with E-state index in [0.717, 1.165) is 12.8 Å². The van der Waals surface area contributed by atoms with Crippen molar-refractivity contribution in [2.24, 2.45) is 5.92 Å². The highest BCUT2D eigenvalue weighted by atomic mass is 79.9. The molecule has 0 bridgehead atoms. The highest BCUT2D eigenvalue weighted by Gasteiger charge is 2.26. The molecule has 1 aliphatic carbocycles. The molecular weight excluding hydrogens is 285 g/mol. The predicted octanol–water partition coefficient (Wildman–Crippen LogP) is 3.51. The molecule has 0 radical (unpaired) electrons. The monoisotopic (exact) mass is 299 g/mol. The second-order valence-electron chi connectivity index (χ2n) is 4.55. The van der Waals surface area contributed by atoms with Crippen molar-refractivity contribution in [2.45, 2.75) is 32.2 Å². The van der Waals surface area contributed by atoms with Gasteiger partial charge in [0.15, 0.2) is 0 Å². The van der Waals surface area contributed by atoms with Gasteiger partial charge in [-0.2, -0.15) is 0 Å². The molecule has 17 heavy (non-hydrogen) atoms. The second-order valence-corrected chi connectivity index (χ2v) is 5.40. The second kappa shape index (κ2) is 5.17. The lowest BCUT2D eigenvalue weighted by molar-refractivity contribution is 0.0904. The highest BCUT2D eigenvalue weighted by molar-refractivity contribution is 9.10. The zero-order valence-electron chi connectivity index (χ0n) is 9.67. The minimum atomic E-state index is -0.488. The van der Waals surface area contributed by atoms with Crippen LogP contribution in [0.3, 0.4) is 0 Å². The van der Waals surface area contributed by atoms with Gasteiger partial charge in [-0.15, -0.1) is 0 Å². The molecule has 0 heterocycles. The fourth-order valence-electron chi connectivity index (χ4n) is 2.05. The number of hydrogen-bond acceptors (Lipinski definition) is 1. The molecule has 0 aromatic heterocycles. The van der Waals surface area contributed by atoms with E-state index in [1.165, 1.54) is 12.5 Å². The van der Waals surface area contributed by atoms with Crippen molar-refractivity contribution >= 4 is 21.8 Å². The summed E-state index contributed by atoms with van der Waals surface area (Å²) in [7, 11) is 0. The quantitative estimate of drug-likeness (QED) is 0.909. The van der Waals surface area contributed by atoms with E-state index in [-0.39, 0.29) is 17.5 Å². The van der Waals surface area contributed by atoms with Gasteiger partial charge >= 0.3 is 0 Å². The summed E-state index contributed by atoms with van der Waals surface area (Å²) in [4.78, 5) is 12.0. The average molecular weight is 300 g/mol. The highest BCUT2D eigenvalue weighted by Crippen LogP contribution is 2.29. The molecule has 2 rings (SSSR count). The molecule has 0 spiro atoms. The van der Waals surface area contributed by atoms with Gasteiger partial charge in [0.05, 0.1) is 5.56 Å². The van der Waals surface area contributed by atoms with Crippen LogP contribution in [0.1, 0.15) is 36.5 Å². The molecule has 0 aliphatic heterocycles. The van der Waals surface area contributed by atoms with E-state index in [4.69, 9.17) is 0 Å². The zero-order valence-corrected chi connectivity index (χ0v) is 11.3. The van der Waals surface area contributed by atoms with Crippen LogP contribution in [-0.2, 0) is 0 Å². The number of benzene rings is 1. The summed E-state index contributed by atoms with van der Waals surface area (Å²) in [5.74, 6) is -0.281. The van der Waals surface area contributed by atoms with Gasteiger partial charge in [0.1, 0.15) is 5.82 Å². The maximum absolute atomic E-state index is 13.6. The van der Waals surface area contributed by atoms with Crippen molar-refractivity contribution in [1.29, 1.82) is 0 Å². The Labute approximate surface area is 109 Å². The summed E-state index contributed by atoms with van der Waals surface area (Å²) in [6.07, 6.45) is 3.54.